The van der Waals surface area contributed by atoms with Crippen LogP contribution in [0.2, 0.25) is 0 Å². The summed E-state index contributed by atoms with van der Waals surface area (Å²) in [5.74, 6) is -1.05. The Hall–Kier alpha value is -2.41. The minimum Gasteiger partial charge on any atom is -0.481 e. The van der Waals surface area contributed by atoms with Crippen LogP contribution in [0.4, 0.5) is 0 Å². The van der Waals surface area contributed by atoms with E-state index in [-0.39, 0.29) is 16.2 Å². The van der Waals surface area contributed by atoms with Crippen LogP contribution in [0.15, 0.2) is 47.4 Å². The molecule has 1 N–H and O–H groups in total. The number of pyridine rings is 1. The molecule has 21 heavy (non-hydrogen) atoms. The first-order chi connectivity index (χ1) is 9.92. The van der Waals surface area contributed by atoms with E-state index in [0.717, 1.165) is 0 Å². The molecule has 0 saturated heterocycles. The van der Waals surface area contributed by atoms with Crippen molar-refractivity contribution in [2.75, 3.05) is 7.11 Å². The number of hydrogen-bond acceptors (Lipinski definition) is 5. The average Bonchev–Trinajstić information content (AvgIpc) is 2.47. The first kappa shape index (κ1) is 15.0. The fourth-order valence-corrected chi connectivity index (χ4v) is 3.00. The Morgan fingerprint density at radius 1 is 1.19 bits per heavy atom. The van der Waals surface area contributed by atoms with Gasteiger partial charge < -0.3 is 9.84 Å². The largest absolute Gasteiger partial charge is 0.481 e. The third kappa shape index (κ3) is 3.57. The first-order valence-electron chi connectivity index (χ1n) is 5.98. The van der Waals surface area contributed by atoms with Crippen molar-refractivity contribution in [1.29, 1.82) is 0 Å². The molecule has 1 heterocycles. The number of ether oxygens (including phenoxy) is 1. The number of benzene rings is 1. The Labute approximate surface area is 121 Å². The highest BCUT2D eigenvalue weighted by atomic mass is 32.2. The number of nitrogens with zero attached hydrogens (tertiary/aromatic N) is 1. The highest BCUT2D eigenvalue weighted by Crippen LogP contribution is 2.17. The summed E-state index contributed by atoms with van der Waals surface area (Å²) in [6, 6.07) is 9.94. The number of rotatable bonds is 5. The van der Waals surface area contributed by atoms with Gasteiger partial charge in [0.2, 0.25) is 5.88 Å². The second-order valence-electron chi connectivity index (χ2n) is 4.26. The van der Waals surface area contributed by atoms with E-state index >= 15 is 0 Å². The predicted octanol–water partition coefficient (Wildman–Crippen LogP) is 1.76. The lowest BCUT2D eigenvalue weighted by molar-refractivity contribution is 0.0696. The van der Waals surface area contributed by atoms with Crippen LogP contribution >= 0.6 is 0 Å². The van der Waals surface area contributed by atoms with Crippen molar-refractivity contribution in [3.8, 4) is 5.88 Å². The normalized spacial score (nSPS) is 11.1. The Kier molecular flexibility index (Phi) is 4.23. The quantitative estimate of drug-likeness (QED) is 0.904. The van der Waals surface area contributed by atoms with Gasteiger partial charge in [-0.25, -0.2) is 18.2 Å². The van der Waals surface area contributed by atoms with Crippen molar-refractivity contribution in [2.24, 2.45) is 0 Å². The number of aromatic carboxylic acids is 1. The van der Waals surface area contributed by atoms with Gasteiger partial charge in [0, 0.05) is 6.07 Å². The van der Waals surface area contributed by atoms with Gasteiger partial charge in [0.1, 0.15) is 0 Å². The van der Waals surface area contributed by atoms with E-state index in [1.54, 1.807) is 18.2 Å². The molecule has 2 aromatic rings. The van der Waals surface area contributed by atoms with Gasteiger partial charge in [-0.2, -0.15) is 0 Å². The molecule has 6 nitrogen and oxygen atoms in total. The van der Waals surface area contributed by atoms with Crippen LogP contribution < -0.4 is 4.74 Å². The van der Waals surface area contributed by atoms with Crippen molar-refractivity contribution < 1.29 is 23.1 Å². The number of carboxylic acids is 1. The molecule has 0 radical (unpaired) electrons. The second kappa shape index (κ2) is 5.92. The third-order valence-corrected chi connectivity index (χ3v) is 4.45. The van der Waals surface area contributed by atoms with Gasteiger partial charge in [0.05, 0.1) is 29.0 Å². The maximum Gasteiger partial charge on any atom is 0.335 e. The molecule has 110 valence electrons. The minimum absolute atomic E-state index is 0.0356. The van der Waals surface area contributed by atoms with E-state index < -0.39 is 15.8 Å². The molecule has 0 aliphatic carbocycles. The van der Waals surface area contributed by atoms with Gasteiger partial charge in [0.25, 0.3) is 0 Å². The van der Waals surface area contributed by atoms with E-state index in [1.807, 2.05) is 0 Å². The summed E-state index contributed by atoms with van der Waals surface area (Å²) < 4.78 is 29.5. The van der Waals surface area contributed by atoms with Crippen LogP contribution in [0.3, 0.4) is 0 Å². The van der Waals surface area contributed by atoms with Gasteiger partial charge in [-0.05, 0) is 30.3 Å². The molecule has 2 rings (SSSR count). The SMILES string of the molecule is COc1cccc(CS(=O)(=O)c2ccc(C(=O)O)cc2)n1. The molecule has 1 aromatic heterocycles. The van der Waals surface area contributed by atoms with Gasteiger partial charge in [-0.15, -0.1) is 0 Å². The Balaban J connectivity index is 2.27. The zero-order valence-electron chi connectivity index (χ0n) is 11.2. The lowest BCUT2D eigenvalue weighted by atomic mass is 10.2. The molecule has 0 amide bonds. The lowest BCUT2D eigenvalue weighted by Crippen LogP contribution is -2.07. The topological polar surface area (TPSA) is 93.6 Å². The van der Waals surface area contributed by atoms with Crippen LogP contribution in [0.25, 0.3) is 0 Å². The summed E-state index contributed by atoms with van der Waals surface area (Å²) in [5.41, 5.74) is 0.394. The number of sulfone groups is 1. The van der Waals surface area contributed by atoms with Gasteiger partial charge in [-0.3, -0.25) is 0 Å². The van der Waals surface area contributed by atoms with Crippen LogP contribution in [0, 0.1) is 0 Å². The zero-order chi connectivity index (χ0) is 15.5. The first-order valence-corrected chi connectivity index (χ1v) is 7.63. The van der Waals surface area contributed by atoms with Gasteiger partial charge in [-0.1, -0.05) is 6.07 Å². The Morgan fingerprint density at radius 2 is 1.86 bits per heavy atom. The van der Waals surface area contributed by atoms with E-state index in [9.17, 15) is 13.2 Å². The zero-order valence-corrected chi connectivity index (χ0v) is 12.0. The molecular weight excluding hydrogens is 294 g/mol. The van der Waals surface area contributed by atoms with Crippen molar-refractivity contribution in [3.63, 3.8) is 0 Å². The Morgan fingerprint density at radius 3 is 2.43 bits per heavy atom. The van der Waals surface area contributed by atoms with E-state index in [1.165, 1.54) is 31.4 Å². The van der Waals surface area contributed by atoms with Crippen molar-refractivity contribution in [1.82, 2.24) is 4.98 Å². The summed E-state index contributed by atoms with van der Waals surface area (Å²) in [7, 11) is -2.14. The Bertz CT molecular complexity index is 753. The number of carbonyl (C=O) groups is 1. The second-order valence-corrected chi connectivity index (χ2v) is 6.25. The summed E-state index contributed by atoms with van der Waals surface area (Å²) in [6.45, 7) is 0. The number of methoxy groups -OCH3 is 1. The maximum absolute atomic E-state index is 12.3. The van der Waals surface area contributed by atoms with Gasteiger partial charge >= 0.3 is 5.97 Å². The van der Waals surface area contributed by atoms with Crippen LogP contribution in [0.1, 0.15) is 16.1 Å². The van der Waals surface area contributed by atoms with Crippen molar-refractivity contribution >= 4 is 15.8 Å². The molecule has 0 fully saturated rings. The monoisotopic (exact) mass is 307 g/mol. The molecule has 0 atom stereocenters. The van der Waals surface area contributed by atoms with E-state index in [4.69, 9.17) is 9.84 Å². The van der Waals surface area contributed by atoms with Crippen LogP contribution in [0.5, 0.6) is 5.88 Å². The standard InChI is InChI=1S/C14H13NO5S/c1-20-13-4-2-3-11(15-13)9-21(18,19)12-7-5-10(6-8-12)14(16)17/h2-8H,9H2,1H3,(H,16,17). The summed E-state index contributed by atoms with van der Waals surface area (Å²) in [5, 5.41) is 8.80. The summed E-state index contributed by atoms with van der Waals surface area (Å²) >= 11 is 0. The summed E-state index contributed by atoms with van der Waals surface area (Å²) in [4.78, 5) is 14.9. The maximum atomic E-state index is 12.3. The van der Waals surface area contributed by atoms with Crippen molar-refractivity contribution in [2.45, 2.75) is 10.6 Å². The average molecular weight is 307 g/mol. The van der Waals surface area contributed by atoms with Gasteiger partial charge in [0.15, 0.2) is 9.84 Å². The highest BCUT2D eigenvalue weighted by Gasteiger charge is 2.17. The molecule has 0 aliphatic heterocycles. The predicted molar refractivity (Wildman–Crippen MR) is 75.1 cm³/mol. The van der Waals surface area contributed by atoms with Crippen molar-refractivity contribution in [3.05, 3.63) is 53.7 Å². The molecule has 0 bridgehead atoms. The molecule has 0 spiro atoms. The molecular formula is C14H13NO5S. The molecule has 0 saturated carbocycles. The van der Waals surface area contributed by atoms with Crippen LogP contribution in [-0.4, -0.2) is 31.6 Å². The highest BCUT2D eigenvalue weighted by molar-refractivity contribution is 7.90. The fourth-order valence-electron chi connectivity index (χ4n) is 1.73. The minimum atomic E-state index is -3.59. The molecule has 0 aliphatic rings. The van der Waals surface area contributed by atoms with Crippen LogP contribution in [-0.2, 0) is 15.6 Å². The van der Waals surface area contributed by atoms with E-state index in [2.05, 4.69) is 4.98 Å². The summed E-state index contributed by atoms with van der Waals surface area (Å²) in [6.07, 6.45) is 0. The van der Waals surface area contributed by atoms with E-state index in [0.29, 0.717) is 11.6 Å². The fraction of sp³-hybridized carbons (Fsp3) is 0.143. The number of aromatic nitrogens is 1. The molecule has 0 unspecified atom stereocenters. The smallest absolute Gasteiger partial charge is 0.335 e. The number of carboxylic acid groups (broad SMARTS) is 1. The number of hydrogen-bond donors (Lipinski definition) is 1. The lowest BCUT2D eigenvalue weighted by Gasteiger charge is -2.06. The molecule has 7 heteroatoms. The molecule has 1 aromatic carbocycles. The third-order valence-electron chi connectivity index (χ3n) is 2.79.